The number of nitrogens with zero attached hydrogens (tertiary/aromatic N) is 1. The second kappa shape index (κ2) is 12.0. The molecule has 0 bridgehead atoms. The normalized spacial score (nSPS) is 16.6. The quantitative estimate of drug-likeness (QED) is 0.353. The molecule has 8 heteroatoms. The zero-order valence-corrected chi connectivity index (χ0v) is 20.2. The molecule has 0 spiro atoms. The first-order valence-corrected chi connectivity index (χ1v) is 12.3. The molecule has 8 nitrogen and oxygen atoms in total. The lowest BCUT2D eigenvalue weighted by Crippen LogP contribution is -2.46. The number of likely N-dealkylation sites (tertiary alicyclic amines) is 1. The fraction of sp³-hybridized carbons (Fsp3) is 0.481. The van der Waals surface area contributed by atoms with Gasteiger partial charge in [0, 0.05) is 24.9 Å². The summed E-state index contributed by atoms with van der Waals surface area (Å²) in [5.41, 5.74) is 1.33. The molecule has 2 aromatic rings. The van der Waals surface area contributed by atoms with Crippen LogP contribution in [-0.4, -0.2) is 61.3 Å². The van der Waals surface area contributed by atoms with Crippen LogP contribution in [0.1, 0.15) is 60.6 Å². The number of aliphatic hydroxyl groups is 1. The maximum atomic E-state index is 12.8. The average Bonchev–Trinajstić information content (AvgIpc) is 3.57. The number of amides is 1. The van der Waals surface area contributed by atoms with Crippen LogP contribution in [0.4, 0.5) is 0 Å². The van der Waals surface area contributed by atoms with Crippen LogP contribution in [0.25, 0.3) is 0 Å². The van der Waals surface area contributed by atoms with E-state index in [2.05, 4.69) is 10.2 Å². The number of hydrogen-bond donors (Lipinski definition) is 2. The van der Waals surface area contributed by atoms with Crippen molar-refractivity contribution < 1.29 is 28.9 Å². The molecule has 35 heavy (non-hydrogen) atoms. The highest BCUT2D eigenvalue weighted by Crippen LogP contribution is 2.35. The fourth-order valence-corrected chi connectivity index (χ4v) is 4.57. The number of carbonyl (C=O) groups is 2. The maximum absolute atomic E-state index is 12.8. The highest BCUT2D eigenvalue weighted by Gasteiger charge is 2.28. The highest BCUT2D eigenvalue weighted by atomic mass is 16.7. The molecule has 1 saturated heterocycles. The SMILES string of the molecule is COc1ccc(C(=O)CCCCC(=O)N[C@H](CN2CCCC2)[C@H](O)c2ccc3c(c2)OCO3)cc1. The highest BCUT2D eigenvalue weighted by molar-refractivity contribution is 5.96. The molecule has 0 unspecified atom stereocenters. The number of fused-ring (bicyclic) bond motifs is 1. The second-order valence-electron chi connectivity index (χ2n) is 9.10. The monoisotopic (exact) mass is 482 g/mol. The van der Waals surface area contributed by atoms with Crippen LogP contribution in [0.2, 0.25) is 0 Å². The molecular formula is C27H34N2O6. The molecule has 2 N–H and O–H groups in total. The predicted octanol–water partition coefficient (Wildman–Crippen LogP) is 3.48. The zero-order chi connectivity index (χ0) is 24.6. The van der Waals surface area contributed by atoms with Crippen molar-refractivity contribution in [1.82, 2.24) is 10.2 Å². The van der Waals surface area contributed by atoms with Crippen molar-refractivity contribution in [3.8, 4) is 17.2 Å². The first kappa shape index (κ1) is 25.0. The van der Waals surface area contributed by atoms with E-state index in [9.17, 15) is 14.7 Å². The van der Waals surface area contributed by atoms with E-state index in [4.69, 9.17) is 14.2 Å². The van der Waals surface area contributed by atoms with Gasteiger partial charge in [0.25, 0.3) is 0 Å². The van der Waals surface area contributed by atoms with Gasteiger partial charge in [0.05, 0.1) is 13.2 Å². The van der Waals surface area contributed by atoms with Crippen molar-refractivity contribution in [3.63, 3.8) is 0 Å². The summed E-state index contributed by atoms with van der Waals surface area (Å²) in [6.45, 7) is 2.68. The standard InChI is InChI=1S/C27H34N2O6/c1-33-21-11-8-19(9-12-21)23(30)6-2-3-7-26(31)28-22(17-29-14-4-5-15-29)27(32)20-10-13-24-25(16-20)35-18-34-24/h8-13,16,22,27,32H,2-7,14-15,17-18H2,1H3,(H,28,31)/t22-,27-/m1/s1. The Hall–Kier alpha value is -3.10. The summed E-state index contributed by atoms with van der Waals surface area (Å²) in [5, 5.41) is 14.2. The van der Waals surface area contributed by atoms with Crippen LogP contribution in [0, 0.1) is 0 Å². The summed E-state index contributed by atoms with van der Waals surface area (Å²) in [6, 6.07) is 12.0. The van der Waals surface area contributed by atoms with E-state index in [0.29, 0.717) is 60.6 Å². The fourth-order valence-electron chi connectivity index (χ4n) is 4.57. The number of ether oxygens (including phenoxy) is 3. The molecule has 2 atom stereocenters. The minimum atomic E-state index is -0.870. The summed E-state index contributed by atoms with van der Waals surface area (Å²) >= 11 is 0. The Kier molecular flexibility index (Phi) is 8.60. The average molecular weight is 483 g/mol. The summed E-state index contributed by atoms with van der Waals surface area (Å²) in [6.07, 6.45) is 3.30. The van der Waals surface area contributed by atoms with E-state index < -0.39 is 12.1 Å². The molecule has 2 heterocycles. The molecule has 0 aromatic heterocycles. The van der Waals surface area contributed by atoms with Crippen molar-refractivity contribution in [2.45, 2.75) is 50.7 Å². The van der Waals surface area contributed by atoms with Gasteiger partial charge in [0.2, 0.25) is 12.7 Å². The van der Waals surface area contributed by atoms with Gasteiger partial charge in [-0.25, -0.2) is 0 Å². The Morgan fingerprint density at radius 1 is 1.03 bits per heavy atom. The van der Waals surface area contributed by atoms with Crippen molar-refractivity contribution in [2.24, 2.45) is 0 Å². The lowest BCUT2D eigenvalue weighted by atomic mass is 10.0. The van der Waals surface area contributed by atoms with Crippen LogP contribution < -0.4 is 19.5 Å². The smallest absolute Gasteiger partial charge is 0.231 e. The van der Waals surface area contributed by atoms with Crippen molar-refractivity contribution >= 4 is 11.7 Å². The first-order valence-electron chi connectivity index (χ1n) is 12.3. The third-order valence-corrected chi connectivity index (χ3v) is 6.59. The number of nitrogens with one attached hydrogen (secondary N) is 1. The van der Waals surface area contributed by atoms with Gasteiger partial charge in [-0.2, -0.15) is 0 Å². The lowest BCUT2D eigenvalue weighted by Gasteiger charge is -2.29. The van der Waals surface area contributed by atoms with E-state index in [1.54, 1.807) is 43.5 Å². The number of hydrogen-bond acceptors (Lipinski definition) is 7. The lowest BCUT2D eigenvalue weighted by molar-refractivity contribution is -0.123. The molecule has 188 valence electrons. The van der Waals surface area contributed by atoms with Crippen LogP contribution in [0.15, 0.2) is 42.5 Å². The Bertz CT molecular complexity index is 1000. The van der Waals surface area contributed by atoms with Gasteiger partial charge in [-0.3, -0.25) is 9.59 Å². The van der Waals surface area contributed by atoms with E-state index in [1.165, 1.54) is 0 Å². The molecule has 2 aliphatic rings. The zero-order valence-electron chi connectivity index (χ0n) is 20.2. The third-order valence-electron chi connectivity index (χ3n) is 6.59. The number of aliphatic hydroxyl groups excluding tert-OH is 1. The molecule has 2 aliphatic heterocycles. The molecule has 0 saturated carbocycles. The first-order chi connectivity index (χ1) is 17.0. The summed E-state index contributed by atoms with van der Waals surface area (Å²) in [4.78, 5) is 27.4. The number of Topliss-reactive ketones (excluding diaryl/α,β-unsaturated/α-hetero) is 1. The minimum absolute atomic E-state index is 0.0539. The summed E-state index contributed by atoms with van der Waals surface area (Å²) in [5.74, 6) is 1.91. The Labute approximate surface area is 206 Å². The van der Waals surface area contributed by atoms with Gasteiger partial charge < -0.3 is 29.5 Å². The Morgan fingerprint density at radius 3 is 2.49 bits per heavy atom. The van der Waals surface area contributed by atoms with Gasteiger partial charge in [0.1, 0.15) is 11.9 Å². The van der Waals surface area contributed by atoms with Gasteiger partial charge in [0.15, 0.2) is 17.3 Å². The molecule has 4 rings (SSSR count). The van der Waals surface area contributed by atoms with Gasteiger partial charge in [-0.15, -0.1) is 0 Å². The van der Waals surface area contributed by atoms with Crippen molar-refractivity contribution in [2.75, 3.05) is 33.5 Å². The van der Waals surface area contributed by atoms with Gasteiger partial charge in [-0.1, -0.05) is 6.07 Å². The second-order valence-corrected chi connectivity index (χ2v) is 9.10. The number of benzene rings is 2. The molecule has 1 fully saturated rings. The number of ketones is 1. The summed E-state index contributed by atoms with van der Waals surface area (Å²) < 4.78 is 15.9. The van der Waals surface area contributed by atoms with Crippen molar-refractivity contribution in [3.05, 3.63) is 53.6 Å². The minimum Gasteiger partial charge on any atom is -0.497 e. The summed E-state index contributed by atoms with van der Waals surface area (Å²) in [7, 11) is 1.59. The van der Waals surface area contributed by atoms with E-state index in [1.807, 2.05) is 6.07 Å². The molecule has 2 aromatic carbocycles. The van der Waals surface area contributed by atoms with E-state index in [-0.39, 0.29) is 18.5 Å². The number of unbranched alkanes of at least 4 members (excludes halogenated alkanes) is 1. The van der Waals surface area contributed by atoms with Gasteiger partial charge >= 0.3 is 0 Å². The van der Waals surface area contributed by atoms with Crippen LogP contribution in [-0.2, 0) is 4.79 Å². The van der Waals surface area contributed by atoms with E-state index in [0.717, 1.165) is 25.9 Å². The molecule has 0 aliphatic carbocycles. The maximum Gasteiger partial charge on any atom is 0.231 e. The number of methoxy groups -OCH3 is 1. The van der Waals surface area contributed by atoms with E-state index >= 15 is 0 Å². The third kappa shape index (κ3) is 6.74. The van der Waals surface area contributed by atoms with Crippen LogP contribution >= 0.6 is 0 Å². The van der Waals surface area contributed by atoms with Crippen LogP contribution in [0.5, 0.6) is 17.2 Å². The molecule has 0 radical (unpaired) electrons. The number of rotatable bonds is 12. The largest absolute Gasteiger partial charge is 0.497 e. The molecule has 1 amide bonds. The number of carbonyl (C=O) groups excluding carboxylic acids is 2. The Balaban J connectivity index is 1.28. The topological polar surface area (TPSA) is 97.3 Å². The van der Waals surface area contributed by atoms with Crippen LogP contribution in [0.3, 0.4) is 0 Å². The Morgan fingerprint density at radius 2 is 1.74 bits per heavy atom. The predicted molar refractivity (Wildman–Crippen MR) is 131 cm³/mol. The van der Waals surface area contributed by atoms with Gasteiger partial charge in [-0.05, 0) is 80.7 Å². The van der Waals surface area contributed by atoms with Crippen molar-refractivity contribution in [1.29, 1.82) is 0 Å². The molecular weight excluding hydrogens is 448 g/mol.